The summed E-state index contributed by atoms with van der Waals surface area (Å²) in [5.74, 6) is -1.58. The largest absolute Gasteiger partial charge is 0.481 e. The fraction of sp³-hybridized carbons (Fsp3) is 0.143. The Hall–Kier alpha value is -1.98. The molecule has 0 bridgehead atoms. The van der Waals surface area contributed by atoms with E-state index in [-0.39, 0.29) is 17.4 Å². The van der Waals surface area contributed by atoms with Crippen LogP contribution in [0.3, 0.4) is 0 Å². The summed E-state index contributed by atoms with van der Waals surface area (Å²) in [6, 6.07) is 8.76. The molecular formula is C14H11Cl2NO4. The summed E-state index contributed by atoms with van der Waals surface area (Å²) < 4.78 is 4.99. The molecule has 1 unspecified atom stereocenters. The summed E-state index contributed by atoms with van der Waals surface area (Å²) in [6.07, 6.45) is -0.277. The average Bonchev–Trinajstić information content (AvgIpc) is 2.84. The quantitative estimate of drug-likeness (QED) is 0.880. The molecule has 1 aromatic carbocycles. The fourth-order valence-corrected chi connectivity index (χ4v) is 2.16. The summed E-state index contributed by atoms with van der Waals surface area (Å²) in [5.41, 5.74) is 0.593. The van der Waals surface area contributed by atoms with Crippen LogP contribution in [0, 0.1) is 0 Å². The van der Waals surface area contributed by atoms with Crippen molar-refractivity contribution in [1.82, 2.24) is 5.32 Å². The number of carbonyl (C=O) groups excluding carboxylic acids is 1. The smallest absolute Gasteiger partial charge is 0.305 e. The highest BCUT2D eigenvalue weighted by atomic mass is 35.5. The SMILES string of the molecule is O=C(O)CC(NC(=O)c1ccc(Cl)o1)c1cccc(Cl)c1. The van der Waals surface area contributed by atoms with Crippen LogP contribution in [0.2, 0.25) is 10.2 Å². The highest BCUT2D eigenvalue weighted by molar-refractivity contribution is 6.30. The molecule has 5 nitrogen and oxygen atoms in total. The Bertz CT molecular complexity index is 668. The maximum Gasteiger partial charge on any atom is 0.305 e. The molecule has 0 radical (unpaired) electrons. The number of rotatable bonds is 5. The van der Waals surface area contributed by atoms with E-state index >= 15 is 0 Å². The number of aliphatic carboxylic acids is 1. The number of hydrogen-bond donors (Lipinski definition) is 2. The third kappa shape index (κ3) is 4.24. The second-order valence-electron chi connectivity index (χ2n) is 4.28. The summed E-state index contributed by atoms with van der Waals surface area (Å²) in [5, 5.41) is 12.1. The van der Waals surface area contributed by atoms with E-state index in [1.165, 1.54) is 12.1 Å². The van der Waals surface area contributed by atoms with Gasteiger partial charge in [-0.05, 0) is 41.4 Å². The Balaban J connectivity index is 2.20. The first-order valence-corrected chi connectivity index (χ1v) is 6.75. The van der Waals surface area contributed by atoms with Gasteiger partial charge in [0.1, 0.15) is 0 Å². The normalized spacial score (nSPS) is 11.9. The number of benzene rings is 1. The van der Waals surface area contributed by atoms with Crippen LogP contribution in [0.5, 0.6) is 0 Å². The van der Waals surface area contributed by atoms with E-state index in [0.29, 0.717) is 10.6 Å². The summed E-state index contributed by atoms with van der Waals surface area (Å²) in [4.78, 5) is 23.0. The maximum atomic E-state index is 12.0. The monoisotopic (exact) mass is 327 g/mol. The van der Waals surface area contributed by atoms with E-state index in [1.807, 2.05) is 0 Å². The van der Waals surface area contributed by atoms with Crippen molar-refractivity contribution >= 4 is 35.1 Å². The Labute approximate surface area is 130 Å². The van der Waals surface area contributed by atoms with Crippen molar-refractivity contribution in [3.05, 3.63) is 58.0 Å². The predicted molar refractivity (Wildman–Crippen MR) is 77.6 cm³/mol. The van der Waals surface area contributed by atoms with Crippen molar-refractivity contribution in [2.45, 2.75) is 12.5 Å². The van der Waals surface area contributed by atoms with Gasteiger partial charge in [0.05, 0.1) is 12.5 Å². The Morgan fingerprint density at radius 1 is 1.24 bits per heavy atom. The van der Waals surface area contributed by atoms with E-state index < -0.39 is 17.9 Å². The van der Waals surface area contributed by atoms with Crippen molar-refractivity contribution < 1.29 is 19.1 Å². The zero-order valence-corrected chi connectivity index (χ0v) is 12.2. The molecule has 110 valence electrons. The van der Waals surface area contributed by atoms with Gasteiger partial charge in [-0.1, -0.05) is 23.7 Å². The summed E-state index contributed by atoms with van der Waals surface area (Å²) in [7, 11) is 0. The van der Waals surface area contributed by atoms with E-state index in [1.54, 1.807) is 24.3 Å². The van der Waals surface area contributed by atoms with Crippen LogP contribution in [0.1, 0.15) is 28.6 Å². The number of carboxylic acid groups (broad SMARTS) is 1. The van der Waals surface area contributed by atoms with Crippen LogP contribution < -0.4 is 5.32 Å². The Morgan fingerprint density at radius 3 is 2.57 bits per heavy atom. The molecular weight excluding hydrogens is 317 g/mol. The van der Waals surface area contributed by atoms with Crippen LogP contribution in [-0.4, -0.2) is 17.0 Å². The zero-order chi connectivity index (χ0) is 15.4. The third-order valence-electron chi connectivity index (χ3n) is 2.73. The van der Waals surface area contributed by atoms with Gasteiger partial charge in [0.2, 0.25) is 0 Å². The summed E-state index contributed by atoms with van der Waals surface area (Å²) in [6.45, 7) is 0. The van der Waals surface area contributed by atoms with E-state index in [9.17, 15) is 9.59 Å². The van der Waals surface area contributed by atoms with Crippen LogP contribution in [0.4, 0.5) is 0 Å². The lowest BCUT2D eigenvalue weighted by Gasteiger charge is -2.17. The molecule has 0 saturated carbocycles. The Morgan fingerprint density at radius 2 is 2.00 bits per heavy atom. The van der Waals surface area contributed by atoms with E-state index in [4.69, 9.17) is 32.7 Å². The van der Waals surface area contributed by atoms with Crippen molar-refractivity contribution in [3.63, 3.8) is 0 Å². The number of carbonyl (C=O) groups is 2. The molecule has 2 N–H and O–H groups in total. The van der Waals surface area contributed by atoms with Gasteiger partial charge in [0.15, 0.2) is 11.0 Å². The second-order valence-corrected chi connectivity index (χ2v) is 5.09. The van der Waals surface area contributed by atoms with Gasteiger partial charge >= 0.3 is 5.97 Å². The molecule has 2 rings (SSSR count). The van der Waals surface area contributed by atoms with Crippen molar-refractivity contribution in [1.29, 1.82) is 0 Å². The molecule has 0 aliphatic heterocycles. The van der Waals surface area contributed by atoms with Crippen molar-refractivity contribution in [3.8, 4) is 0 Å². The molecule has 1 aromatic heterocycles. The molecule has 0 fully saturated rings. The molecule has 1 amide bonds. The minimum Gasteiger partial charge on any atom is -0.481 e. The minimum atomic E-state index is -1.04. The van der Waals surface area contributed by atoms with Gasteiger partial charge in [-0.2, -0.15) is 0 Å². The van der Waals surface area contributed by atoms with Gasteiger partial charge in [-0.3, -0.25) is 9.59 Å². The highest BCUT2D eigenvalue weighted by Crippen LogP contribution is 2.22. The van der Waals surface area contributed by atoms with Crippen LogP contribution in [-0.2, 0) is 4.79 Å². The van der Waals surface area contributed by atoms with Crippen LogP contribution in [0.15, 0.2) is 40.8 Å². The first-order valence-electron chi connectivity index (χ1n) is 5.99. The molecule has 0 spiro atoms. The summed E-state index contributed by atoms with van der Waals surface area (Å²) >= 11 is 11.5. The lowest BCUT2D eigenvalue weighted by atomic mass is 10.0. The Kier molecular flexibility index (Phi) is 4.88. The van der Waals surface area contributed by atoms with Gasteiger partial charge in [0.25, 0.3) is 5.91 Å². The fourth-order valence-electron chi connectivity index (χ4n) is 1.82. The molecule has 7 heteroatoms. The number of hydrogen-bond acceptors (Lipinski definition) is 3. The number of carboxylic acids is 1. The predicted octanol–water partition coefficient (Wildman–Crippen LogP) is 3.53. The molecule has 1 heterocycles. The molecule has 0 aliphatic carbocycles. The van der Waals surface area contributed by atoms with E-state index in [0.717, 1.165) is 0 Å². The molecule has 2 aromatic rings. The van der Waals surface area contributed by atoms with Gasteiger partial charge < -0.3 is 14.8 Å². The van der Waals surface area contributed by atoms with Gasteiger partial charge in [0, 0.05) is 5.02 Å². The lowest BCUT2D eigenvalue weighted by molar-refractivity contribution is -0.137. The van der Waals surface area contributed by atoms with Crippen molar-refractivity contribution in [2.24, 2.45) is 0 Å². The van der Waals surface area contributed by atoms with Crippen LogP contribution >= 0.6 is 23.2 Å². The second kappa shape index (κ2) is 6.65. The van der Waals surface area contributed by atoms with E-state index in [2.05, 4.69) is 5.32 Å². The van der Waals surface area contributed by atoms with Crippen LogP contribution in [0.25, 0.3) is 0 Å². The third-order valence-corrected chi connectivity index (χ3v) is 3.17. The standard InChI is InChI=1S/C14H11Cl2NO4/c15-9-3-1-2-8(6-9)10(7-13(18)19)17-14(20)11-4-5-12(16)21-11/h1-6,10H,7H2,(H,17,20)(H,18,19). The van der Waals surface area contributed by atoms with Gasteiger partial charge in [-0.25, -0.2) is 0 Å². The number of furan rings is 1. The molecule has 0 aliphatic rings. The molecule has 1 atom stereocenters. The topological polar surface area (TPSA) is 79.5 Å². The lowest BCUT2D eigenvalue weighted by Crippen LogP contribution is -2.29. The highest BCUT2D eigenvalue weighted by Gasteiger charge is 2.20. The molecule has 0 saturated heterocycles. The molecule has 21 heavy (non-hydrogen) atoms. The first-order chi connectivity index (χ1) is 9.95. The number of halogens is 2. The number of nitrogens with one attached hydrogen (secondary N) is 1. The number of amides is 1. The minimum absolute atomic E-state index is 0.0115. The van der Waals surface area contributed by atoms with Crippen molar-refractivity contribution in [2.75, 3.05) is 0 Å². The maximum absolute atomic E-state index is 12.0. The van der Waals surface area contributed by atoms with Gasteiger partial charge in [-0.15, -0.1) is 0 Å². The average molecular weight is 328 g/mol. The zero-order valence-electron chi connectivity index (χ0n) is 10.7. The first kappa shape index (κ1) is 15.4.